The molecule has 3 atom stereocenters. The molecular weight excluding hydrogens is 348 g/mol. The van der Waals surface area contributed by atoms with E-state index >= 15 is 0 Å². The Morgan fingerprint density at radius 3 is 2.96 bits per heavy atom. The summed E-state index contributed by atoms with van der Waals surface area (Å²) in [6, 6.07) is 11.4. The Hall–Kier alpha value is -1.93. The van der Waals surface area contributed by atoms with Crippen LogP contribution in [0.1, 0.15) is 30.9 Å². The number of thioether (sulfide) groups is 1. The summed E-state index contributed by atoms with van der Waals surface area (Å²) in [4.78, 5) is 15.3. The summed E-state index contributed by atoms with van der Waals surface area (Å²) >= 11 is 1.56. The molecule has 2 saturated heterocycles. The van der Waals surface area contributed by atoms with E-state index in [-0.39, 0.29) is 11.8 Å². The van der Waals surface area contributed by atoms with Crippen LogP contribution in [0.25, 0.3) is 0 Å². The Bertz CT molecular complexity index is 751. The monoisotopic (exact) mass is 372 g/mol. The smallest absolute Gasteiger partial charge is 0.224 e. The minimum Gasteiger partial charge on any atom is -0.355 e. The van der Waals surface area contributed by atoms with Crippen molar-refractivity contribution in [2.75, 3.05) is 18.8 Å². The van der Waals surface area contributed by atoms with Crippen LogP contribution in [0.5, 0.6) is 0 Å². The molecule has 2 aliphatic heterocycles. The highest BCUT2D eigenvalue weighted by molar-refractivity contribution is 7.99. The number of rotatable bonds is 6. The molecule has 1 amide bonds. The zero-order chi connectivity index (χ0) is 17.9. The van der Waals surface area contributed by atoms with Gasteiger partial charge >= 0.3 is 0 Å². The first kappa shape index (κ1) is 17.5. The molecule has 7 nitrogen and oxygen atoms in total. The minimum atomic E-state index is 0.0872. The molecule has 2 unspecified atom stereocenters. The van der Waals surface area contributed by atoms with E-state index in [1.807, 2.05) is 7.05 Å². The number of fused-ring (bicyclic) bond motifs is 1. The molecule has 2 aliphatic rings. The predicted octanol–water partition coefficient (Wildman–Crippen LogP) is 1.64. The molecule has 1 N–H and O–H groups in total. The van der Waals surface area contributed by atoms with Crippen LogP contribution in [0.4, 0.5) is 0 Å². The Morgan fingerprint density at radius 1 is 1.35 bits per heavy atom. The Morgan fingerprint density at radius 2 is 2.19 bits per heavy atom. The molecule has 0 bridgehead atoms. The molecule has 0 spiro atoms. The number of hydrogen-bond acceptors (Lipinski definition) is 6. The lowest BCUT2D eigenvalue weighted by Crippen LogP contribution is -2.38. The Labute approximate surface area is 157 Å². The summed E-state index contributed by atoms with van der Waals surface area (Å²) < 4.78 is 1.64. The van der Waals surface area contributed by atoms with Gasteiger partial charge in [-0.05, 0) is 41.8 Å². The fourth-order valence-corrected chi connectivity index (χ4v) is 4.95. The molecule has 1 aromatic carbocycles. The number of aromatic nitrogens is 4. The quantitative estimate of drug-likeness (QED) is 0.614. The summed E-state index contributed by atoms with van der Waals surface area (Å²) in [7, 11) is 1.82. The maximum absolute atomic E-state index is 12.8. The number of hydrogen-bond donors (Lipinski definition) is 1. The highest BCUT2D eigenvalue weighted by Gasteiger charge is 2.46. The fraction of sp³-hybridized carbons (Fsp3) is 0.556. The van der Waals surface area contributed by atoms with E-state index < -0.39 is 0 Å². The van der Waals surface area contributed by atoms with Gasteiger partial charge in [0.05, 0.1) is 5.92 Å². The Balaban J connectivity index is 1.33. The van der Waals surface area contributed by atoms with Gasteiger partial charge in [0.1, 0.15) is 0 Å². The molecule has 3 heterocycles. The summed E-state index contributed by atoms with van der Waals surface area (Å²) in [5.41, 5.74) is 1.33. The summed E-state index contributed by atoms with van der Waals surface area (Å²) in [5.74, 6) is 1.05. The zero-order valence-electron chi connectivity index (χ0n) is 14.9. The van der Waals surface area contributed by atoms with Crippen molar-refractivity contribution in [3.05, 3.63) is 35.9 Å². The predicted molar refractivity (Wildman–Crippen MR) is 99.5 cm³/mol. The van der Waals surface area contributed by atoms with Gasteiger partial charge < -0.3 is 5.32 Å². The van der Waals surface area contributed by atoms with Crippen molar-refractivity contribution in [3.63, 3.8) is 0 Å². The van der Waals surface area contributed by atoms with Crippen LogP contribution in [0, 0.1) is 5.92 Å². The van der Waals surface area contributed by atoms with E-state index in [4.69, 9.17) is 0 Å². The molecule has 1 aromatic heterocycles. The lowest BCUT2D eigenvalue weighted by Gasteiger charge is -2.24. The van der Waals surface area contributed by atoms with E-state index in [0.29, 0.717) is 18.6 Å². The summed E-state index contributed by atoms with van der Waals surface area (Å²) in [5, 5.41) is 15.3. The van der Waals surface area contributed by atoms with Gasteiger partial charge in [-0.15, -0.1) is 5.10 Å². The van der Waals surface area contributed by atoms with Crippen molar-refractivity contribution in [2.24, 2.45) is 13.0 Å². The third-order valence-corrected chi connectivity index (χ3v) is 6.43. The van der Waals surface area contributed by atoms with Crippen molar-refractivity contribution in [1.82, 2.24) is 30.4 Å². The summed E-state index contributed by atoms with van der Waals surface area (Å²) in [6.45, 7) is 1.73. The van der Waals surface area contributed by atoms with E-state index in [9.17, 15) is 4.79 Å². The standard InChI is InChI=1S/C18H24N6OS/c1-23-18(20-21-22-23)26-11-9-19-17(25)14-12-16(13-6-3-2-4-7-13)24-10-5-8-15(14)24/h2-4,6-7,14-16H,5,8-12H2,1H3,(H,19,25)/t14?,15-,16?/m0/s1. The second-order valence-corrected chi connectivity index (χ2v) is 8.00. The van der Waals surface area contributed by atoms with Crippen LogP contribution < -0.4 is 5.32 Å². The van der Waals surface area contributed by atoms with Gasteiger partial charge in [0.15, 0.2) is 0 Å². The lowest BCUT2D eigenvalue weighted by atomic mass is 9.93. The highest BCUT2D eigenvalue weighted by Crippen LogP contribution is 2.44. The first-order chi connectivity index (χ1) is 12.7. The molecule has 4 rings (SSSR count). The molecule has 26 heavy (non-hydrogen) atoms. The van der Waals surface area contributed by atoms with Gasteiger partial charge in [-0.1, -0.05) is 42.1 Å². The third-order valence-electron chi connectivity index (χ3n) is 5.42. The van der Waals surface area contributed by atoms with Crippen molar-refractivity contribution >= 4 is 17.7 Å². The SMILES string of the molecule is Cn1nnnc1SCCNC(=O)C1CC(c2ccccc2)N2CCC[C@@H]12. The van der Waals surface area contributed by atoms with Crippen molar-refractivity contribution < 1.29 is 4.79 Å². The van der Waals surface area contributed by atoms with Gasteiger partial charge in [0.2, 0.25) is 11.1 Å². The van der Waals surface area contributed by atoms with Crippen LogP contribution in [-0.2, 0) is 11.8 Å². The molecule has 0 radical (unpaired) electrons. The molecule has 0 aliphatic carbocycles. The van der Waals surface area contributed by atoms with E-state index in [2.05, 4.69) is 56.1 Å². The molecule has 8 heteroatoms. The highest BCUT2D eigenvalue weighted by atomic mass is 32.2. The number of tetrazole rings is 1. The molecule has 2 aromatic rings. The van der Waals surface area contributed by atoms with Gasteiger partial charge in [-0.25, -0.2) is 4.68 Å². The zero-order valence-corrected chi connectivity index (χ0v) is 15.7. The maximum Gasteiger partial charge on any atom is 0.224 e. The fourth-order valence-electron chi connectivity index (χ4n) is 4.24. The average molecular weight is 372 g/mol. The average Bonchev–Trinajstić information content (AvgIpc) is 3.36. The van der Waals surface area contributed by atoms with Crippen molar-refractivity contribution in [3.8, 4) is 0 Å². The second kappa shape index (κ2) is 7.75. The van der Waals surface area contributed by atoms with Gasteiger partial charge in [0, 0.05) is 31.4 Å². The number of nitrogens with one attached hydrogen (secondary N) is 1. The van der Waals surface area contributed by atoms with Crippen LogP contribution in [0.2, 0.25) is 0 Å². The topological polar surface area (TPSA) is 75.9 Å². The third kappa shape index (κ3) is 3.48. The minimum absolute atomic E-state index is 0.0872. The van der Waals surface area contributed by atoms with Crippen LogP contribution in [0.3, 0.4) is 0 Å². The number of nitrogens with zero attached hydrogens (tertiary/aromatic N) is 5. The number of benzene rings is 1. The second-order valence-electron chi connectivity index (χ2n) is 6.94. The molecular formula is C18H24N6OS. The van der Waals surface area contributed by atoms with Crippen molar-refractivity contribution in [1.29, 1.82) is 0 Å². The number of carbonyl (C=O) groups is 1. The molecule has 2 fully saturated rings. The first-order valence-corrected chi connectivity index (χ1v) is 10.2. The molecule has 0 saturated carbocycles. The van der Waals surface area contributed by atoms with Crippen LogP contribution >= 0.6 is 11.8 Å². The lowest BCUT2D eigenvalue weighted by molar-refractivity contribution is -0.125. The van der Waals surface area contributed by atoms with E-state index in [1.54, 1.807) is 16.4 Å². The number of carbonyl (C=O) groups excluding carboxylic acids is 1. The van der Waals surface area contributed by atoms with Crippen LogP contribution in [-0.4, -0.2) is 55.9 Å². The molecule has 138 valence electrons. The largest absolute Gasteiger partial charge is 0.355 e. The number of amides is 1. The first-order valence-electron chi connectivity index (χ1n) is 9.17. The van der Waals surface area contributed by atoms with Gasteiger partial charge in [-0.2, -0.15) is 0 Å². The van der Waals surface area contributed by atoms with Crippen LogP contribution in [0.15, 0.2) is 35.5 Å². The Kier molecular flexibility index (Phi) is 5.21. The van der Waals surface area contributed by atoms with E-state index in [1.165, 1.54) is 12.0 Å². The van der Waals surface area contributed by atoms with Gasteiger partial charge in [0.25, 0.3) is 0 Å². The normalized spacial score (nSPS) is 25.3. The maximum atomic E-state index is 12.8. The van der Waals surface area contributed by atoms with Crippen molar-refractivity contribution in [2.45, 2.75) is 36.5 Å². The summed E-state index contributed by atoms with van der Waals surface area (Å²) in [6.07, 6.45) is 3.23. The van der Waals surface area contributed by atoms with E-state index in [0.717, 1.165) is 30.3 Å². The number of aryl methyl sites for hydroxylation is 1. The van der Waals surface area contributed by atoms with Gasteiger partial charge in [-0.3, -0.25) is 9.69 Å².